The number of amides is 2. The van der Waals surface area contributed by atoms with Crippen LogP contribution in [0.2, 0.25) is 0 Å². The summed E-state index contributed by atoms with van der Waals surface area (Å²) >= 11 is 0. The van der Waals surface area contributed by atoms with Crippen LogP contribution < -0.4 is 10.2 Å². The van der Waals surface area contributed by atoms with Crippen LogP contribution in [0.25, 0.3) is 11.0 Å². The minimum absolute atomic E-state index is 0.0199. The summed E-state index contributed by atoms with van der Waals surface area (Å²) in [5.74, 6) is 1.07. The number of aryl methyl sites for hydroxylation is 1. The average molecular weight is 421 g/mol. The van der Waals surface area contributed by atoms with Crippen molar-refractivity contribution in [2.75, 3.05) is 18.5 Å². The summed E-state index contributed by atoms with van der Waals surface area (Å²) in [5, 5.41) is 2.96. The molecule has 0 saturated carbocycles. The third kappa shape index (κ3) is 5.94. The van der Waals surface area contributed by atoms with Gasteiger partial charge in [0.2, 0.25) is 11.8 Å². The predicted octanol–water partition coefficient (Wildman–Crippen LogP) is 4.18. The maximum Gasteiger partial charge on any atom is 0.246 e. The number of rotatable bonds is 10. The van der Waals surface area contributed by atoms with Crippen molar-refractivity contribution in [3.8, 4) is 0 Å². The number of nitrogens with one attached hydrogen (secondary N) is 1. The Hall–Kier alpha value is -3.15. The van der Waals surface area contributed by atoms with E-state index in [2.05, 4.69) is 5.32 Å². The van der Waals surface area contributed by atoms with Crippen molar-refractivity contribution in [2.45, 2.75) is 46.1 Å². The number of anilines is 1. The van der Waals surface area contributed by atoms with Gasteiger partial charge in [0.25, 0.3) is 0 Å². The van der Waals surface area contributed by atoms with Crippen molar-refractivity contribution < 1.29 is 9.59 Å². The first-order valence-electron chi connectivity index (χ1n) is 11.0. The summed E-state index contributed by atoms with van der Waals surface area (Å²) < 4.78 is 2.04. The Morgan fingerprint density at radius 2 is 1.71 bits per heavy atom. The van der Waals surface area contributed by atoms with Crippen LogP contribution in [0.5, 0.6) is 0 Å². The SMILES string of the molecule is CC(C)C(=O)NCCCCCc1nc2ccccc2n1CC(=O)N(C)c1ccccc1. The molecule has 0 fully saturated rings. The third-order valence-corrected chi connectivity index (χ3v) is 5.45. The normalized spacial score (nSPS) is 11.1. The maximum atomic E-state index is 13.0. The summed E-state index contributed by atoms with van der Waals surface area (Å²) in [5.41, 5.74) is 2.77. The number of hydrogen-bond donors (Lipinski definition) is 1. The second kappa shape index (κ2) is 10.8. The summed E-state index contributed by atoms with van der Waals surface area (Å²) in [6, 6.07) is 17.6. The van der Waals surface area contributed by atoms with Gasteiger partial charge in [-0.05, 0) is 37.1 Å². The molecule has 0 aliphatic heterocycles. The quantitative estimate of drug-likeness (QED) is 0.500. The van der Waals surface area contributed by atoms with Gasteiger partial charge in [0.05, 0.1) is 11.0 Å². The van der Waals surface area contributed by atoms with E-state index in [1.165, 1.54) is 0 Å². The van der Waals surface area contributed by atoms with E-state index in [1.54, 1.807) is 4.90 Å². The van der Waals surface area contributed by atoms with Crippen molar-refractivity contribution in [3.63, 3.8) is 0 Å². The lowest BCUT2D eigenvalue weighted by Crippen LogP contribution is -2.30. The molecule has 3 rings (SSSR count). The number of likely N-dealkylation sites (N-methyl/N-ethyl adjacent to an activating group) is 1. The van der Waals surface area contributed by atoms with Crippen LogP contribution >= 0.6 is 0 Å². The summed E-state index contributed by atoms with van der Waals surface area (Å²) in [7, 11) is 1.81. The van der Waals surface area contributed by atoms with Gasteiger partial charge in [0.15, 0.2) is 0 Å². The van der Waals surface area contributed by atoms with Gasteiger partial charge in [-0.25, -0.2) is 4.98 Å². The molecule has 0 spiro atoms. The van der Waals surface area contributed by atoms with Gasteiger partial charge in [-0.15, -0.1) is 0 Å². The molecule has 1 aromatic heterocycles. The summed E-state index contributed by atoms with van der Waals surface area (Å²) in [4.78, 5) is 31.1. The Kier molecular flexibility index (Phi) is 7.82. The van der Waals surface area contributed by atoms with E-state index in [0.717, 1.165) is 48.2 Å². The Labute approximate surface area is 184 Å². The maximum absolute atomic E-state index is 13.0. The molecule has 0 aliphatic rings. The van der Waals surface area contributed by atoms with Crippen LogP contribution in [0.1, 0.15) is 38.9 Å². The molecule has 1 N–H and O–H groups in total. The smallest absolute Gasteiger partial charge is 0.246 e. The second-order valence-corrected chi connectivity index (χ2v) is 8.15. The topological polar surface area (TPSA) is 67.2 Å². The number of aromatic nitrogens is 2. The lowest BCUT2D eigenvalue weighted by Gasteiger charge is -2.18. The minimum Gasteiger partial charge on any atom is -0.356 e. The molecule has 0 radical (unpaired) electrons. The largest absolute Gasteiger partial charge is 0.356 e. The fourth-order valence-electron chi connectivity index (χ4n) is 3.53. The Balaban J connectivity index is 1.63. The van der Waals surface area contributed by atoms with Gasteiger partial charge in [-0.2, -0.15) is 0 Å². The van der Waals surface area contributed by atoms with Gasteiger partial charge >= 0.3 is 0 Å². The molecular weight excluding hydrogens is 388 g/mol. The van der Waals surface area contributed by atoms with Crippen LogP contribution in [0.4, 0.5) is 5.69 Å². The van der Waals surface area contributed by atoms with Crippen LogP contribution in [0.3, 0.4) is 0 Å². The van der Waals surface area contributed by atoms with E-state index in [4.69, 9.17) is 4.98 Å². The van der Waals surface area contributed by atoms with Crippen LogP contribution in [0, 0.1) is 5.92 Å². The zero-order chi connectivity index (χ0) is 22.2. The molecule has 0 atom stereocenters. The van der Waals surface area contributed by atoms with Crippen LogP contribution in [-0.4, -0.2) is 35.0 Å². The first-order valence-corrected chi connectivity index (χ1v) is 11.0. The van der Waals surface area contributed by atoms with Crippen molar-refractivity contribution in [2.24, 2.45) is 5.92 Å². The molecule has 2 aromatic carbocycles. The Morgan fingerprint density at radius 1 is 1.00 bits per heavy atom. The van der Waals surface area contributed by atoms with E-state index >= 15 is 0 Å². The molecule has 3 aromatic rings. The molecule has 31 heavy (non-hydrogen) atoms. The highest BCUT2D eigenvalue weighted by molar-refractivity contribution is 5.93. The molecule has 0 saturated heterocycles. The van der Waals surface area contributed by atoms with Crippen molar-refractivity contribution in [1.82, 2.24) is 14.9 Å². The van der Waals surface area contributed by atoms with Crippen molar-refractivity contribution in [3.05, 3.63) is 60.4 Å². The van der Waals surface area contributed by atoms with E-state index in [1.807, 2.05) is 80.1 Å². The van der Waals surface area contributed by atoms with Gasteiger partial charge < -0.3 is 14.8 Å². The summed E-state index contributed by atoms with van der Waals surface area (Å²) in [6.45, 7) is 4.76. The number of nitrogens with zero attached hydrogens (tertiary/aromatic N) is 3. The molecular formula is C25H32N4O2. The van der Waals surface area contributed by atoms with Crippen molar-refractivity contribution >= 4 is 28.5 Å². The third-order valence-electron chi connectivity index (χ3n) is 5.45. The number of para-hydroxylation sites is 3. The average Bonchev–Trinajstić information content (AvgIpc) is 3.13. The summed E-state index contributed by atoms with van der Waals surface area (Å²) in [6.07, 6.45) is 3.70. The fraction of sp³-hybridized carbons (Fsp3) is 0.400. The van der Waals surface area contributed by atoms with E-state index < -0.39 is 0 Å². The molecule has 164 valence electrons. The number of benzene rings is 2. The minimum atomic E-state index is 0.0199. The Morgan fingerprint density at radius 3 is 2.45 bits per heavy atom. The number of unbranched alkanes of at least 4 members (excludes halogenated alkanes) is 2. The Bertz CT molecular complexity index is 1010. The predicted molar refractivity (Wildman–Crippen MR) is 125 cm³/mol. The highest BCUT2D eigenvalue weighted by atomic mass is 16.2. The van der Waals surface area contributed by atoms with Gasteiger partial charge in [-0.3, -0.25) is 9.59 Å². The molecule has 6 heteroatoms. The monoisotopic (exact) mass is 420 g/mol. The highest BCUT2D eigenvalue weighted by Crippen LogP contribution is 2.19. The lowest BCUT2D eigenvalue weighted by molar-refractivity contribution is -0.124. The van der Waals surface area contributed by atoms with E-state index in [-0.39, 0.29) is 24.3 Å². The van der Waals surface area contributed by atoms with E-state index in [0.29, 0.717) is 6.54 Å². The number of carbonyl (C=O) groups excluding carboxylic acids is 2. The molecule has 0 aliphatic carbocycles. The first kappa shape index (κ1) is 22.5. The van der Waals surface area contributed by atoms with Gasteiger partial charge in [0.1, 0.15) is 12.4 Å². The van der Waals surface area contributed by atoms with Crippen LogP contribution in [-0.2, 0) is 22.6 Å². The lowest BCUT2D eigenvalue weighted by atomic mass is 10.1. The highest BCUT2D eigenvalue weighted by Gasteiger charge is 2.17. The number of hydrogen-bond acceptors (Lipinski definition) is 3. The standard InChI is InChI=1S/C25H32N4O2/c1-19(2)25(31)26-17-11-5-8-16-23-27-21-14-9-10-15-22(21)29(23)18-24(30)28(3)20-12-6-4-7-13-20/h4,6-7,9-10,12-15,19H,5,8,11,16-18H2,1-3H3,(H,26,31). The van der Waals surface area contributed by atoms with E-state index in [9.17, 15) is 9.59 Å². The number of imidazole rings is 1. The van der Waals surface area contributed by atoms with Gasteiger partial charge in [-0.1, -0.05) is 50.6 Å². The molecule has 0 unspecified atom stereocenters. The second-order valence-electron chi connectivity index (χ2n) is 8.15. The first-order chi connectivity index (χ1) is 15.0. The van der Waals surface area contributed by atoms with Crippen molar-refractivity contribution in [1.29, 1.82) is 0 Å². The van der Waals surface area contributed by atoms with Crippen LogP contribution in [0.15, 0.2) is 54.6 Å². The number of carbonyl (C=O) groups is 2. The zero-order valence-corrected chi connectivity index (χ0v) is 18.7. The molecule has 0 bridgehead atoms. The van der Waals surface area contributed by atoms with Gasteiger partial charge in [0, 0.05) is 31.6 Å². The molecule has 6 nitrogen and oxygen atoms in total. The zero-order valence-electron chi connectivity index (χ0n) is 18.7. The molecule has 1 heterocycles. The fourth-order valence-corrected chi connectivity index (χ4v) is 3.53. The number of fused-ring (bicyclic) bond motifs is 1. The molecule has 2 amide bonds.